The third-order valence-electron chi connectivity index (χ3n) is 2.89. The van der Waals surface area contributed by atoms with Crippen LogP contribution in [0, 0.1) is 5.92 Å². The lowest BCUT2D eigenvalue weighted by Gasteiger charge is -2.14. The number of ether oxygens (including phenoxy) is 1. The van der Waals surface area contributed by atoms with Gasteiger partial charge in [0.15, 0.2) is 5.96 Å². The quantitative estimate of drug-likeness (QED) is 0.296. The van der Waals surface area contributed by atoms with Crippen molar-refractivity contribution in [3.8, 4) is 0 Å². The summed E-state index contributed by atoms with van der Waals surface area (Å²) in [6.45, 7) is 9.95. The largest absolute Gasteiger partial charge is 0.389 e. The van der Waals surface area contributed by atoms with E-state index in [4.69, 9.17) is 4.74 Å². The Morgan fingerprint density at radius 2 is 1.91 bits per heavy atom. The van der Waals surface area contributed by atoms with Gasteiger partial charge in [0.05, 0.1) is 19.3 Å². The molecule has 6 nitrogen and oxygen atoms in total. The number of rotatable bonds is 10. The van der Waals surface area contributed by atoms with Gasteiger partial charge >= 0.3 is 0 Å². The average molecular weight is 438 g/mol. The van der Waals surface area contributed by atoms with Crippen LogP contribution in [0.15, 0.2) is 29.5 Å². The summed E-state index contributed by atoms with van der Waals surface area (Å²) in [5.74, 6) is 1.20. The van der Waals surface area contributed by atoms with E-state index in [0.29, 0.717) is 25.7 Å². The first-order valence-electron chi connectivity index (χ1n) is 8.00. The van der Waals surface area contributed by atoms with E-state index in [-0.39, 0.29) is 24.0 Å². The summed E-state index contributed by atoms with van der Waals surface area (Å²) in [4.78, 5) is 4.39. The van der Waals surface area contributed by atoms with Gasteiger partial charge in [0.25, 0.3) is 0 Å². The Hall–Kier alpha value is -0.800. The average Bonchev–Trinajstić information content (AvgIpc) is 2.97. The summed E-state index contributed by atoms with van der Waals surface area (Å²) in [7, 11) is 0. The van der Waals surface area contributed by atoms with Crippen LogP contribution in [-0.2, 0) is 11.3 Å². The highest BCUT2D eigenvalue weighted by atomic mass is 127. The minimum atomic E-state index is -0.571. The molecule has 1 heterocycles. The second kappa shape index (κ2) is 13.6. The lowest BCUT2D eigenvalue weighted by Crippen LogP contribution is -2.39. The highest BCUT2D eigenvalue weighted by Crippen LogP contribution is 1.95. The fourth-order valence-electron chi connectivity index (χ4n) is 1.85. The predicted octanol–water partition coefficient (Wildman–Crippen LogP) is 1.69. The summed E-state index contributed by atoms with van der Waals surface area (Å²) < 4.78 is 7.52. The summed E-state index contributed by atoms with van der Waals surface area (Å²) in [6, 6.07) is 4.01. The SMILES string of the molecule is CCNC(=NCC(O)COCC(C)C)NCCn1cccc1.I. The number of hydrogen-bond donors (Lipinski definition) is 3. The highest BCUT2D eigenvalue weighted by molar-refractivity contribution is 14.0. The molecular weight excluding hydrogens is 407 g/mol. The fraction of sp³-hybridized carbons (Fsp3) is 0.688. The molecule has 0 spiro atoms. The van der Waals surface area contributed by atoms with Gasteiger partial charge in [-0.2, -0.15) is 0 Å². The molecule has 0 bridgehead atoms. The number of hydrogen-bond acceptors (Lipinski definition) is 3. The topological polar surface area (TPSA) is 70.8 Å². The molecule has 7 heteroatoms. The van der Waals surface area contributed by atoms with E-state index in [2.05, 4.69) is 34.0 Å². The van der Waals surface area contributed by atoms with E-state index in [0.717, 1.165) is 25.6 Å². The van der Waals surface area contributed by atoms with Gasteiger partial charge in [-0.1, -0.05) is 13.8 Å². The smallest absolute Gasteiger partial charge is 0.191 e. The van der Waals surface area contributed by atoms with E-state index < -0.39 is 6.10 Å². The third-order valence-corrected chi connectivity index (χ3v) is 2.89. The Balaban J connectivity index is 0.00000484. The van der Waals surface area contributed by atoms with Crippen molar-refractivity contribution in [2.45, 2.75) is 33.4 Å². The number of aliphatic hydroxyl groups excluding tert-OH is 1. The van der Waals surface area contributed by atoms with Crippen LogP contribution in [0.2, 0.25) is 0 Å². The molecule has 0 aliphatic heterocycles. The number of nitrogens with zero attached hydrogens (tertiary/aromatic N) is 2. The van der Waals surface area contributed by atoms with Crippen LogP contribution < -0.4 is 10.6 Å². The van der Waals surface area contributed by atoms with Crippen LogP contribution in [0.3, 0.4) is 0 Å². The zero-order valence-electron chi connectivity index (χ0n) is 14.4. The first kappa shape index (κ1) is 22.2. The van der Waals surface area contributed by atoms with Crippen molar-refractivity contribution >= 4 is 29.9 Å². The molecule has 0 aromatic carbocycles. The van der Waals surface area contributed by atoms with Crippen molar-refractivity contribution in [3.05, 3.63) is 24.5 Å². The number of guanidine groups is 1. The standard InChI is InChI=1S/C16H30N4O2.HI/c1-4-17-16(18-7-10-20-8-5-6-9-20)19-11-15(21)13-22-12-14(2)3;/h5-6,8-9,14-15,21H,4,7,10-13H2,1-3H3,(H2,17,18,19);1H. The van der Waals surface area contributed by atoms with Crippen molar-refractivity contribution < 1.29 is 9.84 Å². The van der Waals surface area contributed by atoms with Gasteiger partial charge in [0.1, 0.15) is 0 Å². The van der Waals surface area contributed by atoms with Crippen LogP contribution in [0.25, 0.3) is 0 Å². The van der Waals surface area contributed by atoms with Crippen LogP contribution in [0.4, 0.5) is 0 Å². The van der Waals surface area contributed by atoms with E-state index in [1.165, 1.54) is 0 Å². The molecule has 3 N–H and O–H groups in total. The highest BCUT2D eigenvalue weighted by Gasteiger charge is 2.05. The number of aliphatic hydroxyl groups is 1. The monoisotopic (exact) mass is 438 g/mol. The van der Waals surface area contributed by atoms with Crippen molar-refractivity contribution in [2.75, 3.05) is 32.8 Å². The Morgan fingerprint density at radius 3 is 2.52 bits per heavy atom. The van der Waals surface area contributed by atoms with Gasteiger partial charge < -0.3 is 25.0 Å². The van der Waals surface area contributed by atoms with Crippen molar-refractivity contribution in [2.24, 2.45) is 10.9 Å². The number of nitrogens with one attached hydrogen (secondary N) is 2. The fourth-order valence-corrected chi connectivity index (χ4v) is 1.85. The molecule has 23 heavy (non-hydrogen) atoms. The Kier molecular flexibility index (Phi) is 13.1. The van der Waals surface area contributed by atoms with E-state index >= 15 is 0 Å². The molecule has 0 aliphatic rings. The molecule has 0 radical (unpaired) electrons. The molecule has 1 rings (SSSR count). The molecule has 1 unspecified atom stereocenters. The van der Waals surface area contributed by atoms with E-state index in [9.17, 15) is 5.11 Å². The summed E-state index contributed by atoms with van der Waals surface area (Å²) in [5, 5.41) is 16.3. The van der Waals surface area contributed by atoms with E-state index in [1.54, 1.807) is 0 Å². The molecule has 0 fully saturated rings. The number of halogens is 1. The van der Waals surface area contributed by atoms with Crippen molar-refractivity contribution in [1.82, 2.24) is 15.2 Å². The molecule has 0 saturated carbocycles. The third kappa shape index (κ3) is 11.4. The summed E-state index contributed by atoms with van der Waals surface area (Å²) in [6.07, 6.45) is 3.49. The van der Waals surface area contributed by atoms with Gasteiger partial charge in [0.2, 0.25) is 0 Å². The van der Waals surface area contributed by atoms with Gasteiger partial charge in [0, 0.05) is 38.6 Å². The second-order valence-electron chi connectivity index (χ2n) is 5.65. The van der Waals surface area contributed by atoms with Crippen LogP contribution in [0.5, 0.6) is 0 Å². The second-order valence-corrected chi connectivity index (χ2v) is 5.65. The molecule has 0 saturated heterocycles. The molecule has 0 amide bonds. The molecule has 134 valence electrons. The first-order chi connectivity index (χ1) is 10.6. The van der Waals surface area contributed by atoms with Crippen molar-refractivity contribution in [1.29, 1.82) is 0 Å². The van der Waals surface area contributed by atoms with Crippen molar-refractivity contribution in [3.63, 3.8) is 0 Å². The number of aromatic nitrogens is 1. The molecule has 1 atom stereocenters. The Labute approximate surface area is 156 Å². The zero-order chi connectivity index (χ0) is 16.2. The van der Waals surface area contributed by atoms with Crippen LogP contribution >= 0.6 is 24.0 Å². The maximum atomic E-state index is 9.86. The van der Waals surface area contributed by atoms with Gasteiger partial charge in [-0.05, 0) is 25.0 Å². The first-order valence-corrected chi connectivity index (χ1v) is 8.00. The minimum absolute atomic E-state index is 0. The van der Waals surface area contributed by atoms with Gasteiger partial charge in [-0.15, -0.1) is 24.0 Å². The van der Waals surface area contributed by atoms with Gasteiger partial charge in [-0.25, -0.2) is 0 Å². The van der Waals surface area contributed by atoms with Crippen LogP contribution in [0.1, 0.15) is 20.8 Å². The molecule has 1 aromatic rings. The lowest BCUT2D eigenvalue weighted by atomic mass is 10.2. The van der Waals surface area contributed by atoms with E-state index in [1.807, 2.05) is 31.5 Å². The summed E-state index contributed by atoms with van der Waals surface area (Å²) in [5.41, 5.74) is 0. The Bertz CT molecular complexity index is 410. The predicted molar refractivity (Wildman–Crippen MR) is 105 cm³/mol. The van der Waals surface area contributed by atoms with Gasteiger partial charge in [-0.3, -0.25) is 4.99 Å². The summed E-state index contributed by atoms with van der Waals surface area (Å²) >= 11 is 0. The number of aliphatic imine (C=N–C) groups is 1. The minimum Gasteiger partial charge on any atom is -0.389 e. The maximum Gasteiger partial charge on any atom is 0.191 e. The lowest BCUT2D eigenvalue weighted by molar-refractivity contribution is 0.0301. The van der Waals surface area contributed by atoms with Crippen LogP contribution in [-0.4, -0.2) is 54.6 Å². The molecular formula is C16H31IN4O2. The maximum absolute atomic E-state index is 9.86. The normalized spacial score (nSPS) is 12.8. The molecule has 1 aromatic heterocycles. The Morgan fingerprint density at radius 1 is 1.22 bits per heavy atom. The molecule has 0 aliphatic carbocycles. The zero-order valence-corrected chi connectivity index (χ0v) is 16.7.